The molecule has 0 aliphatic rings. The first-order chi connectivity index (χ1) is 3.27. The van der Waals surface area contributed by atoms with Crippen LogP contribution in [0.1, 0.15) is 6.42 Å². The molecule has 1 radical (unpaired) electrons. The minimum atomic E-state index is -0.0000463. The average Bonchev–Trinajstić information content (AvgIpc) is 1.61. The molecule has 0 aliphatic carbocycles. The number of halogens is 1. The van der Waals surface area contributed by atoms with Gasteiger partial charge in [0.25, 0.3) is 0 Å². The third kappa shape index (κ3) is 6.25. The fourth-order valence-corrected chi connectivity index (χ4v) is 0.335. The average molecular weight is 122 g/mol. The number of alkyl halides is 1. The normalized spacial score (nSPS) is 14.1. The van der Waals surface area contributed by atoms with Gasteiger partial charge in [-0.3, -0.25) is 0 Å². The van der Waals surface area contributed by atoms with Crippen molar-refractivity contribution in [3.8, 4) is 0 Å². The molecular weight excluding hydrogens is 112 g/mol. The van der Waals surface area contributed by atoms with Crippen molar-refractivity contribution in [1.82, 2.24) is 0 Å². The third-order valence-electron chi connectivity index (χ3n) is 0.635. The molecule has 0 saturated carbocycles. The van der Waals surface area contributed by atoms with Gasteiger partial charge >= 0.3 is 0 Å². The molecule has 0 spiro atoms. The summed E-state index contributed by atoms with van der Waals surface area (Å²) in [5.41, 5.74) is 0. The van der Waals surface area contributed by atoms with E-state index in [2.05, 4.69) is 6.92 Å². The van der Waals surface area contributed by atoms with E-state index in [0.717, 1.165) is 6.42 Å². The van der Waals surface area contributed by atoms with Gasteiger partial charge in [0.1, 0.15) is 0 Å². The molecule has 0 fully saturated rings. The highest BCUT2D eigenvalue weighted by Gasteiger charge is 1.91. The van der Waals surface area contributed by atoms with Gasteiger partial charge in [-0.05, 0) is 13.3 Å². The highest BCUT2D eigenvalue weighted by molar-refractivity contribution is 6.21. The van der Waals surface area contributed by atoms with Crippen LogP contribution >= 0.6 is 11.6 Å². The van der Waals surface area contributed by atoms with Crippen LogP contribution in [0.2, 0.25) is 0 Å². The Bertz CT molecular complexity index is 37.1. The largest absolute Gasteiger partial charge is 0.385 e. The van der Waals surface area contributed by atoms with Crippen molar-refractivity contribution in [2.45, 2.75) is 11.8 Å². The lowest BCUT2D eigenvalue weighted by atomic mass is 10.3. The maximum Gasteiger partial charge on any atom is 0.0476 e. The second-order valence-electron chi connectivity index (χ2n) is 1.38. The summed E-state index contributed by atoms with van der Waals surface area (Å²) in [6.45, 7) is 4.27. The Morgan fingerprint density at radius 3 is 2.57 bits per heavy atom. The molecular formula is C5H10ClO. The molecule has 2 heteroatoms. The predicted molar refractivity (Wildman–Crippen MR) is 31.5 cm³/mol. The van der Waals surface area contributed by atoms with E-state index in [4.69, 9.17) is 16.3 Å². The number of rotatable bonds is 3. The lowest BCUT2D eigenvalue weighted by Gasteiger charge is -1.97. The van der Waals surface area contributed by atoms with Crippen LogP contribution in [-0.4, -0.2) is 19.1 Å². The van der Waals surface area contributed by atoms with Crippen LogP contribution in [0.3, 0.4) is 0 Å². The van der Waals surface area contributed by atoms with Gasteiger partial charge < -0.3 is 4.74 Å². The van der Waals surface area contributed by atoms with Crippen molar-refractivity contribution in [2.75, 3.05) is 13.7 Å². The summed E-state index contributed by atoms with van der Waals surface area (Å²) in [7, 11) is 1.65. The summed E-state index contributed by atoms with van der Waals surface area (Å²) in [6, 6.07) is 0. The summed E-state index contributed by atoms with van der Waals surface area (Å²) in [5.74, 6) is 0. The van der Waals surface area contributed by atoms with Crippen molar-refractivity contribution in [2.24, 2.45) is 0 Å². The first-order valence-electron chi connectivity index (χ1n) is 2.23. The molecule has 7 heavy (non-hydrogen) atoms. The van der Waals surface area contributed by atoms with Gasteiger partial charge in [-0.15, -0.1) is 11.6 Å². The van der Waals surface area contributed by atoms with Crippen LogP contribution in [0.5, 0.6) is 0 Å². The molecule has 0 aromatic rings. The highest BCUT2D eigenvalue weighted by atomic mass is 35.5. The lowest BCUT2D eigenvalue weighted by Crippen LogP contribution is -1.96. The van der Waals surface area contributed by atoms with Gasteiger partial charge in [-0.1, -0.05) is 0 Å². The topological polar surface area (TPSA) is 9.23 Å². The van der Waals surface area contributed by atoms with Crippen molar-refractivity contribution >= 4 is 11.6 Å². The second kappa shape index (κ2) is 4.41. The quantitative estimate of drug-likeness (QED) is 0.514. The molecule has 0 bridgehead atoms. The van der Waals surface area contributed by atoms with E-state index in [0.29, 0.717) is 6.61 Å². The summed E-state index contributed by atoms with van der Waals surface area (Å²) in [6.07, 6.45) is 0.831. The van der Waals surface area contributed by atoms with Crippen LogP contribution in [0.15, 0.2) is 0 Å². The Balaban J connectivity index is 2.68. The van der Waals surface area contributed by atoms with Crippen molar-refractivity contribution < 1.29 is 4.74 Å². The minimum absolute atomic E-state index is 0.0000463. The van der Waals surface area contributed by atoms with E-state index in [-0.39, 0.29) is 5.38 Å². The maximum atomic E-state index is 5.47. The fraction of sp³-hybridized carbons (Fsp3) is 0.800. The zero-order chi connectivity index (χ0) is 5.70. The zero-order valence-electron chi connectivity index (χ0n) is 4.48. The van der Waals surface area contributed by atoms with Crippen LogP contribution in [-0.2, 0) is 4.74 Å². The zero-order valence-corrected chi connectivity index (χ0v) is 5.24. The number of hydrogen-bond donors (Lipinski definition) is 0. The lowest BCUT2D eigenvalue weighted by molar-refractivity contribution is 0.196. The van der Waals surface area contributed by atoms with E-state index >= 15 is 0 Å². The highest BCUT2D eigenvalue weighted by Crippen LogP contribution is 1.97. The molecule has 0 heterocycles. The summed E-state index contributed by atoms with van der Waals surface area (Å²) in [5, 5.41) is -0.0000463. The van der Waals surface area contributed by atoms with Gasteiger partial charge in [-0.25, -0.2) is 0 Å². The summed E-state index contributed by atoms with van der Waals surface area (Å²) in [4.78, 5) is 0. The van der Waals surface area contributed by atoms with E-state index in [1.807, 2.05) is 0 Å². The first kappa shape index (κ1) is 7.25. The Morgan fingerprint density at radius 1 is 1.86 bits per heavy atom. The van der Waals surface area contributed by atoms with Crippen molar-refractivity contribution in [3.05, 3.63) is 6.92 Å². The van der Waals surface area contributed by atoms with E-state index < -0.39 is 0 Å². The SMILES string of the molecule is [CH2]C(Cl)CCOC. The van der Waals surface area contributed by atoms with Crippen LogP contribution < -0.4 is 0 Å². The minimum Gasteiger partial charge on any atom is -0.385 e. The fourth-order valence-electron chi connectivity index (χ4n) is 0.246. The predicted octanol–water partition coefficient (Wildman–Crippen LogP) is 1.46. The van der Waals surface area contributed by atoms with Crippen LogP contribution in [0.25, 0.3) is 0 Å². The van der Waals surface area contributed by atoms with Crippen LogP contribution in [0, 0.1) is 6.92 Å². The van der Waals surface area contributed by atoms with Gasteiger partial charge in [0.15, 0.2) is 0 Å². The molecule has 1 atom stereocenters. The standard InChI is InChI=1S/C5H10ClO/c1-5(6)3-4-7-2/h5H,1,3-4H2,2H3. The van der Waals surface area contributed by atoms with E-state index in [9.17, 15) is 0 Å². The Kier molecular flexibility index (Phi) is 4.57. The first-order valence-corrected chi connectivity index (χ1v) is 2.67. The molecule has 1 nitrogen and oxygen atoms in total. The van der Waals surface area contributed by atoms with Gasteiger partial charge in [-0.2, -0.15) is 0 Å². The monoisotopic (exact) mass is 121 g/mol. The number of methoxy groups -OCH3 is 1. The van der Waals surface area contributed by atoms with Gasteiger partial charge in [0, 0.05) is 19.1 Å². The number of ether oxygens (including phenoxy) is 1. The van der Waals surface area contributed by atoms with Crippen LogP contribution in [0.4, 0.5) is 0 Å². The summed E-state index contributed by atoms with van der Waals surface area (Å²) >= 11 is 5.47. The van der Waals surface area contributed by atoms with Gasteiger partial charge in [0.2, 0.25) is 0 Å². The molecule has 0 aromatic carbocycles. The molecule has 0 rings (SSSR count). The molecule has 1 unspecified atom stereocenters. The van der Waals surface area contributed by atoms with Crippen molar-refractivity contribution in [3.63, 3.8) is 0 Å². The Hall–Kier alpha value is 0.250. The molecule has 0 aromatic heterocycles. The third-order valence-corrected chi connectivity index (χ3v) is 0.853. The smallest absolute Gasteiger partial charge is 0.0476 e. The molecule has 0 amide bonds. The maximum absolute atomic E-state index is 5.47. The Labute approximate surface area is 49.6 Å². The molecule has 0 N–H and O–H groups in total. The van der Waals surface area contributed by atoms with Crippen molar-refractivity contribution in [1.29, 1.82) is 0 Å². The molecule has 43 valence electrons. The molecule has 0 aliphatic heterocycles. The second-order valence-corrected chi connectivity index (χ2v) is 2.00. The number of hydrogen-bond acceptors (Lipinski definition) is 1. The summed E-state index contributed by atoms with van der Waals surface area (Å²) < 4.78 is 4.73. The molecule has 0 saturated heterocycles. The Morgan fingerprint density at radius 2 is 2.43 bits per heavy atom. The van der Waals surface area contributed by atoms with E-state index in [1.165, 1.54) is 0 Å². The van der Waals surface area contributed by atoms with Gasteiger partial charge in [0.05, 0.1) is 0 Å². The van der Waals surface area contributed by atoms with E-state index in [1.54, 1.807) is 7.11 Å².